The highest BCUT2D eigenvalue weighted by Crippen LogP contribution is 2.23. The van der Waals surface area contributed by atoms with Gasteiger partial charge < -0.3 is 0 Å². The minimum atomic E-state index is -3.48. The van der Waals surface area contributed by atoms with E-state index in [-0.39, 0.29) is 11.6 Å². The summed E-state index contributed by atoms with van der Waals surface area (Å²) in [5.74, 6) is -0.594. The average molecular weight is 345 g/mol. The van der Waals surface area contributed by atoms with Gasteiger partial charge in [0.2, 0.25) is 0 Å². The Labute approximate surface area is 132 Å². The van der Waals surface area contributed by atoms with E-state index in [0.717, 1.165) is 5.41 Å². The van der Waals surface area contributed by atoms with Crippen molar-refractivity contribution < 1.29 is 12.8 Å². The van der Waals surface area contributed by atoms with Crippen LogP contribution in [-0.4, -0.2) is 8.42 Å². The first-order valence-electron chi connectivity index (χ1n) is 5.96. The predicted molar refractivity (Wildman–Crippen MR) is 84.5 cm³/mol. The Morgan fingerprint density at radius 3 is 2.33 bits per heavy atom. The van der Waals surface area contributed by atoms with Crippen LogP contribution in [0.1, 0.15) is 11.1 Å². The Balaban J connectivity index is 2.16. The van der Waals surface area contributed by atoms with Crippen LogP contribution in [0, 0.1) is 5.82 Å². The fraction of sp³-hybridized carbons (Fsp3) is 0.0667. The number of halogens is 3. The van der Waals surface area contributed by atoms with Gasteiger partial charge in [0.15, 0.2) is 9.84 Å². The zero-order chi connectivity index (χ0) is 15.5. The topological polar surface area (TPSA) is 34.1 Å². The summed E-state index contributed by atoms with van der Waals surface area (Å²) in [5, 5.41) is 1.84. The van der Waals surface area contributed by atoms with Gasteiger partial charge in [0, 0.05) is 15.5 Å². The molecule has 0 saturated carbocycles. The standard InChI is InChI=1S/C15H11Cl2FO2S/c16-13-4-3-12(15(17)9-13)10-21(19,20)8-7-11-1-5-14(18)6-2-11/h1-9H,10H2/b8-7+. The van der Waals surface area contributed by atoms with Gasteiger partial charge in [-0.1, -0.05) is 41.4 Å². The predicted octanol–water partition coefficient (Wildman–Crippen LogP) is 4.72. The van der Waals surface area contributed by atoms with Crippen LogP contribution in [0.25, 0.3) is 6.08 Å². The van der Waals surface area contributed by atoms with E-state index in [1.165, 1.54) is 36.4 Å². The van der Waals surface area contributed by atoms with Crippen molar-refractivity contribution in [3.05, 3.63) is 74.9 Å². The fourth-order valence-corrected chi connectivity index (χ4v) is 3.36. The second kappa shape index (κ2) is 6.60. The van der Waals surface area contributed by atoms with Crippen LogP contribution in [0.5, 0.6) is 0 Å². The van der Waals surface area contributed by atoms with Crippen molar-refractivity contribution >= 4 is 39.1 Å². The fourth-order valence-electron chi connectivity index (χ4n) is 1.66. The van der Waals surface area contributed by atoms with E-state index in [9.17, 15) is 12.8 Å². The van der Waals surface area contributed by atoms with Crippen molar-refractivity contribution in [1.29, 1.82) is 0 Å². The molecule has 0 radical (unpaired) electrons. The lowest BCUT2D eigenvalue weighted by Crippen LogP contribution is -2.00. The number of rotatable bonds is 4. The molecule has 0 unspecified atom stereocenters. The second-order valence-corrected chi connectivity index (χ2v) is 7.13. The first-order chi connectivity index (χ1) is 9.85. The summed E-state index contributed by atoms with van der Waals surface area (Å²) < 4.78 is 36.8. The monoisotopic (exact) mass is 344 g/mol. The highest BCUT2D eigenvalue weighted by atomic mass is 35.5. The van der Waals surface area contributed by atoms with Crippen molar-refractivity contribution in [2.45, 2.75) is 5.75 Å². The Morgan fingerprint density at radius 1 is 1.05 bits per heavy atom. The number of hydrogen-bond acceptors (Lipinski definition) is 2. The van der Waals surface area contributed by atoms with Gasteiger partial charge in [0.05, 0.1) is 5.75 Å². The van der Waals surface area contributed by atoms with E-state index in [1.807, 2.05) is 0 Å². The number of sulfone groups is 1. The number of benzene rings is 2. The smallest absolute Gasteiger partial charge is 0.175 e. The zero-order valence-corrected chi connectivity index (χ0v) is 13.1. The quantitative estimate of drug-likeness (QED) is 0.804. The molecule has 0 fully saturated rings. The van der Waals surface area contributed by atoms with E-state index in [0.29, 0.717) is 21.2 Å². The lowest BCUT2D eigenvalue weighted by Gasteiger charge is -2.03. The second-order valence-electron chi connectivity index (χ2n) is 4.40. The third kappa shape index (κ3) is 4.84. The molecule has 0 N–H and O–H groups in total. The summed E-state index contributed by atoms with van der Waals surface area (Å²) in [6.07, 6.45) is 1.42. The highest BCUT2D eigenvalue weighted by molar-refractivity contribution is 7.93. The molecular weight excluding hydrogens is 334 g/mol. The maximum absolute atomic E-state index is 12.8. The third-order valence-corrected chi connectivity index (χ3v) is 4.56. The van der Waals surface area contributed by atoms with Crippen molar-refractivity contribution in [1.82, 2.24) is 0 Å². The van der Waals surface area contributed by atoms with E-state index in [1.54, 1.807) is 12.1 Å². The Kier molecular flexibility index (Phi) is 5.04. The van der Waals surface area contributed by atoms with E-state index in [4.69, 9.17) is 23.2 Å². The van der Waals surface area contributed by atoms with E-state index in [2.05, 4.69) is 0 Å². The highest BCUT2D eigenvalue weighted by Gasteiger charge is 2.11. The SMILES string of the molecule is O=S(=O)(/C=C/c1ccc(F)cc1)Cc1ccc(Cl)cc1Cl. The molecule has 2 aromatic carbocycles. The molecule has 2 rings (SSSR count). The van der Waals surface area contributed by atoms with Gasteiger partial charge >= 0.3 is 0 Å². The summed E-state index contributed by atoms with van der Waals surface area (Å²) in [5.41, 5.74) is 1.08. The van der Waals surface area contributed by atoms with Crippen LogP contribution >= 0.6 is 23.2 Å². The van der Waals surface area contributed by atoms with Gasteiger partial charge in [-0.2, -0.15) is 0 Å². The lowest BCUT2D eigenvalue weighted by atomic mass is 10.2. The molecule has 0 atom stereocenters. The van der Waals surface area contributed by atoms with Gasteiger partial charge in [-0.3, -0.25) is 0 Å². The minimum absolute atomic E-state index is 0.222. The molecule has 0 saturated heterocycles. The molecule has 0 aliphatic carbocycles. The largest absolute Gasteiger partial charge is 0.224 e. The third-order valence-electron chi connectivity index (χ3n) is 2.71. The van der Waals surface area contributed by atoms with E-state index >= 15 is 0 Å². The van der Waals surface area contributed by atoms with Crippen LogP contribution in [0.3, 0.4) is 0 Å². The Bertz CT molecular complexity index is 769. The molecule has 2 aromatic rings. The average Bonchev–Trinajstić information content (AvgIpc) is 2.41. The Morgan fingerprint density at radius 2 is 1.71 bits per heavy atom. The summed E-state index contributed by atoms with van der Waals surface area (Å²) in [7, 11) is -3.48. The summed E-state index contributed by atoms with van der Waals surface area (Å²) in [6.45, 7) is 0. The molecule has 0 spiro atoms. The summed E-state index contributed by atoms with van der Waals surface area (Å²) in [6, 6.07) is 10.2. The Hall–Kier alpha value is -1.36. The van der Waals surface area contributed by atoms with Gasteiger partial charge in [-0.05, 0) is 41.5 Å². The maximum atomic E-state index is 12.8. The first kappa shape index (κ1) is 16.0. The molecule has 21 heavy (non-hydrogen) atoms. The van der Waals surface area contributed by atoms with Crippen molar-refractivity contribution in [2.24, 2.45) is 0 Å². The molecule has 110 valence electrons. The molecule has 0 aliphatic heterocycles. The maximum Gasteiger partial charge on any atom is 0.175 e. The number of hydrogen-bond donors (Lipinski definition) is 0. The molecule has 6 heteroatoms. The normalized spacial score (nSPS) is 12.0. The van der Waals surface area contributed by atoms with Crippen molar-refractivity contribution in [2.75, 3.05) is 0 Å². The summed E-state index contributed by atoms with van der Waals surface area (Å²) >= 11 is 11.7. The lowest BCUT2D eigenvalue weighted by molar-refractivity contribution is 0.604. The van der Waals surface area contributed by atoms with Crippen LogP contribution < -0.4 is 0 Å². The van der Waals surface area contributed by atoms with Crippen molar-refractivity contribution in [3.8, 4) is 0 Å². The van der Waals surface area contributed by atoms with Gasteiger partial charge in [-0.15, -0.1) is 0 Å². The molecule has 0 heterocycles. The van der Waals surface area contributed by atoms with Crippen molar-refractivity contribution in [3.63, 3.8) is 0 Å². The molecule has 2 nitrogen and oxygen atoms in total. The van der Waals surface area contributed by atoms with Gasteiger partial charge in [0.25, 0.3) is 0 Å². The molecule has 0 aromatic heterocycles. The molecule has 0 amide bonds. The van der Waals surface area contributed by atoms with Crippen LogP contribution in [-0.2, 0) is 15.6 Å². The van der Waals surface area contributed by atoms with E-state index < -0.39 is 9.84 Å². The zero-order valence-electron chi connectivity index (χ0n) is 10.8. The van der Waals surface area contributed by atoms with Crippen LogP contribution in [0.4, 0.5) is 4.39 Å². The molecule has 0 bridgehead atoms. The molecular formula is C15H11Cl2FO2S. The first-order valence-corrected chi connectivity index (χ1v) is 8.43. The van der Waals surface area contributed by atoms with Crippen LogP contribution in [0.15, 0.2) is 47.9 Å². The minimum Gasteiger partial charge on any atom is -0.224 e. The van der Waals surface area contributed by atoms with Gasteiger partial charge in [0.1, 0.15) is 5.82 Å². The van der Waals surface area contributed by atoms with Crippen LogP contribution in [0.2, 0.25) is 10.0 Å². The summed E-state index contributed by atoms with van der Waals surface area (Å²) in [4.78, 5) is 0. The van der Waals surface area contributed by atoms with Gasteiger partial charge in [-0.25, -0.2) is 12.8 Å². The molecule has 0 aliphatic rings.